The summed E-state index contributed by atoms with van der Waals surface area (Å²) in [5.74, 6) is -0.326. The molecule has 8 heavy (non-hydrogen) atoms. The summed E-state index contributed by atoms with van der Waals surface area (Å²) < 4.78 is 28.9. The molecule has 0 bridgehead atoms. The van der Waals surface area contributed by atoms with Crippen LogP contribution in [0.15, 0.2) is 0 Å². The van der Waals surface area contributed by atoms with E-state index in [0.717, 1.165) is 0 Å². The van der Waals surface area contributed by atoms with Crippen molar-refractivity contribution in [2.45, 2.75) is 0 Å². The Labute approximate surface area is 79.0 Å². The molecule has 0 heterocycles. The van der Waals surface area contributed by atoms with Crippen LogP contribution in [0.5, 0.6) is 0 Å². The first-order valence-electron chi connectivity index (χ1n) is 1.56. The second-order valence-electron chi connectivity index (χ2n) is 0.951. The molecule has 44 valence electrons. The first-order chi connectivity index (χ1) is 3.06. The normalized spacial score (nSPS) is 10.2. The minimum Gasteiger partial charge on any atom is -0.748 e. The van der Waals surface area contributed by atoms with Gasteiger partial charge in [-0.3, -0.25) is 0 Å². The number of hydrogen-bond acceptors (Lipinski definition) is 3. The summed E-state index contributed by atoms with van der Waals surface area (Å²) in [6, 6.07) is 0. The molecule has 0 aliphatic heterocycles. The van der Waals surface area contributed by atoms with E-state index in [1.807, 2.05) is 0 Å². The molecule has 0 aromatic rings. The molecule has 0 radical (unpaired) electrons. The first kappa shape index (κ1) is 12.1. The number of rotatable bonds is 2. The maximum Gasteiger partial charge on any atom is 1.00 e. The van der Waals surface area contributed by atoms with Gasteiger partial charge in [-0.1, -0.05) is 15.9 Å². The molecule has 0 atom stereocenters. The van der Waals surface area contributed by atoms with Gasteiger partial charge in [0.15, 0.2) is 0 Å². The van der Waals surface area contributed by atoms with Crippen molar-refractivity contribution >= 4 is 26.0 Å². The molecule has 0 amide bonds. The summed E-state index contributed by atoms with van der Waals surface area (Å²) >= 11 is 2.81. The summed E-state index contributed by atoms with van der Waals surface area (Å²) in [4.78, 5) is 0. The summed E-state index contributed by atoms with van der Waals surface area (Å²) in [6.07, 6.45) is 0. The van der Waals surface area contributed by atoms with Gasteiger partial charge >= 0.3 is 29.6 Å². The van der Waals surface area contributed by atoms with E-state index in [9.17, 15) is 13.0 Å². The van der Waals surface area contributed by atoms with Crippen molar-refractivity contribution < 1.29 is 42.5 Å². The monoisotopic (exact) mass is 210 g/mol. The molecule has 3 nitrogen and oxygen atoms in total. The average Bonchev–Trinajstić information content (AvgIpc) is 1.30. The van der Waals surface area contributed by atoms with E-state index in [-0.39, 0.29) is 40.6 Å². The standard InChI is InChI=1S/C2H5BrO3S.Na/c3-1-2-7(4,5)6;/h1-2H2,(H,4,5,6);/q;+1/p-1. The fourth-order valence-electron chi connectivity index (χ4n) is 0.0945. The van der Waals surface area contributed by atoms with Crippen molar-refractivity contribution in [2.75, 3.05) is 11.1 Å². The fraction of sp³-hybridized carbons (Fsp3) is 1.00. The summed E-state index contributed by atoms with van der Waals surface area (Å²) in [5.41, 5.74) is 0. The number of hydrogen-bond donors (Lipinski definition) is 0. The van der Waals surface area contributed by atoms with Crippen molar-refractivity contribution in [3.63, 3.8) is 0 Å². The Morgan fingerprint density at radius 2 is 1.88 bits per heavy atom. The third kappa shape index (κ3) is 10.4. The van der Waals surface area contributed by atoms with Gasteiger partial charge in [-0.05, 0) is 0 Å². The minimum absolute atomic E-state index is 0. The van der Waals surface area contributed by atoms with E-state index in [2.05, 4.69) is 15.9 Å². The van der Waals surface area contributed by atoms with Gasteiger partial charge < -0.3 is 4.55 Å². The van der Waals surface area contributed by atoms with E-state index in [0.29, 0.717) is 0 Å². The second kappa shape index (κ2) is 5.20. The fourth-order valence-corrected chi connectivity index (χ4v) is 1.47. The van der Waals surface area contributed by atoms with Gasteiger partial charge in [0.2, 0.25) is 0 Å². The topological polar surface area (TPSA) is 57.2 Å². The molecule has 0 rings (SSSR count). The Hall–Kier alpha value is 1.39. The Kier molecular flexibility index (Phi) is 7.86. The molecular weight excluding hydrogens is 207 g/mol. The summed E-state index contributed by atoms with van der Waals surface area (Å²) in [5, 5.41) is 0.221. The molecule has 0 aromatic carbocycles. The van der Waals surface area contributed by atoms with Gasteiger partial charge in [0.25, 0.3) is 0 Å². The largest absolute Gasteiger partial charge is 1.00 e. The molecule has 0 aliphatic carbocycles. The molecule has 0 N–H and O–H groups in total. The zero-order valence-corrected chi connectivity index (χ0v) is 8.83. The maximum atomic E-state index is 9.65. The molecule has 6 heteroatoms. The quantitative estimate of drug-likeness (QED) is 0.276. The molecule has 0 aromatic heterocycles. The predicted octanol–water partition coefficient (Wildman–Crippen LogP) is -3.07. The minimum atomic E-state index is -3.97. The van der Waals surface area contributed by atoms with Crippen molar-refractivity contribution in [3.8, 4) is 0 Å². The van der Waals surface area contributed by atoms with Gasteiger partial charge in [-0.15, -0.1) is 0 Å². The van der Waals surface area contributed by atoms with Crippen LogP contribution in [0.4, 0.5) is 0 Å². The van der Waals surface area contributed by atoms with Crippen LogP contribution in [-0.4, -0.2) is 24.1 Å². The van der Waals surface area contributed by atoms with Gasteiger partial charge in [-0.25, -0.2) is 8.42 Å². The molecule has 0 spiro atoms. The van der Waals surface area contributed by atoms with E-state index >= 15 is 0 Å². The maximum absolute atomic E-state index is 9.65. The van der Waals surface area contributed by atoms with Gasteiger partial charge in [-0.2, -0.15) is 0 Å². The van der Waals surface area contributed by atoms with Crippen molar-refractivity contribution in [1.29, 1.82) is 0 Å². The molecule has 0 aliphatic rings. The molecule has 0 saturated carbocycles. The summed E-state index contributed by atoms with van der Waals surface area (Å²) in [7, 11) is -3.97. The van der Waals surface area contributed by atoms with Crippen LogP contribution < -0.4 is 29.6 Å². The van der Waals surface area contributed by atoms with E-state index in [1.165, 1.54) is 0 Å². The SMILES string of the molecule is O=S(=O)([O-])CCBr.[Na+]. The Balaban J connectivity index is 0. The third-order valence-electron chi connectivity index (χ3n) is 0.327. The van der Waals surface area contributed by atoms with Crippen LogP contribution in [0.2, 0.25) is 0 Å². The van der Waals surface area contributed by atoms with Crippen LogP contribution in [0, 0.1) is 0 Å². The molecule has 0 fully saturated rings. The molecule has 0 saturated heterocycles. The van der Waals surface area contributed by atoms with Crippen molar-refractivity contribution in [3.05, 3.63) is 0 Å². The Morgan fingerprint density at radius 3 is 1.88 bits per heavy atom. The number of halogens is 1. The predicted molar refractivity (Wildman–Crippen MR) is 28.4 cm³/mol. The smallest absolute Gasteiger partial charge is 0.748 e. The Bertz CT molecular complexity index is 130. The zero-order chi connectivity index (χ0) is 5.91. The van der Waals surface area contributed by atoms with Crippen LogP contribution >= 0.6 is 15.9 Å². The van der Waals surface area contributed by atoms with Crippen molar-refractivity contribution in [2.24, 2.45) is 0 Å². The third-order valence-corrected chi connectivity index (χ3v) is 1.95. The zero-order valence-electron chi connectivity index (χ0n) is 4.43. The second-order valence-corrected chi connectivity index (χ2v) is 3.27. The van der Waals surface area contributed by atoms with Gasteiger partial charge in [0.1, 0.15) is 0 Å². The average molecular weight is 211 g/mol. The van der Waals surface area contributed by atoms with Crippen LogP contribution in [0.3, 0.4) is 0 Å². The van der Waals surface area contributed by atoms with E-state index < -0.39 is 10.1 Å². The van der Waals surface area contributed by atoms with E-state index in [1.54, 1.807) is 0 Å². The number of alkyl halides is 1. The van der Waals surface area contributed by atoms with E-state index in [4.69, 9.17) is 0 Å². The van der Waals surface area contributed by atoms with Gasteiger partial charge in [0.05, 0.1) is 10.1 Å². The van der Waals surface area contributed by atoms with Crippen LogP contribution in [-0.2, 0) is 10.1 Å². The molecule has 0 unspecified atom stereocenters. The van der Waals surface area contributed by atoms with Crippen LogP contribution in [0.25, 0.3) is 0 Å². The summed E-state index contributed by atoms with van der Waals surface area (Å²) in [6.45, 7) is 0. The first-order valence-corrected chi connectivity index (χ1v) is 4.25. The van der Waals surface area contributed by atoms with Gasteiger partial charge in [0, 0.05) is 11.1 Å². The Morgan fingerprint density at radius 1 is 1.50 bits per heavy atom. The van der Waals surface area contributed by atoms with Crippen molar-refractivity contribution in [1.82, 2.24) is 0 Å². The van der Waals surface area contributed by atoms with Crippen LogP contribution in [0.1, 0.15) is 0 Å². The molecular formula is C2H4BrNaO3S.